The minimum atomic E-state index is -1.20. The number of fused-ring (bicyclic) bond motifs is 2. The maximum absolute atomic E-state index is 11.1. The number of aliphatic carboxylic acids is 1. The lowest BCUT2D eigenvalue weighted by molar-refractivity contribution is -0.132. The van der Waals surface area contributed by atoms with Crippen molar-refractivity contribution in [3.05, 3.63) is 77.4 Å². The van der Waals surface area contributed by atoms with Crippen LogP contribution in [0.15, 0.2) is 66.2 Å². The predicted molar refractivity (Wildman–Crippen MR) is 107 cm³/mol. The third-order valence-corrected chi connectivity index (χ3v) is 4.94. The number of carboxylic acid groups (broad SMARTS) is 1. The summed E-state index contributed by atoms with van der Waals surface area (Å²) in [4.78, 5) is 13.4. The van der Waals surface area contributed by atoms with Gasteiger partial charge in [0.1, 0.15) is 11.6 Å². The Kier molecular flexibility index (Phi) is 4.35. The van der Waals surface area contributed by atoms with E-state index < -0.39 is 5.97 Å². The van der Waals surface area contributed by atoms with Gasteiger partial charge in [0.05, 0.1) is 0 Å². The number of benzene rings is 3. The molecule has 0 saturated carbocycles. The van der Waals surface area contributed by atoms with Crippen LogP contribution in [0.2, 0.25) is 0 Å². The van der Waals surface area contributed by atoms with Gasteiger partial charge < -0.3 is 10.0 Å². The maximum Gasteiger partial charge on any atom is 0.346 e. The molecule has 0 amide bonds. The highest BCUT2D eigenvalue weighted by Crippen LogP contribution is 2.37. The van der Waals surface area contributed by atoms with Gasteiger partial charge in [-0.25, -0.2) is 4.79 Å². The molecule has 0 unspecified atom stereocenters. The van der Waals surface area contributed by atoms with Crippen molar-refractivity contribution in [1.82, 2.24) is 0 Å². The van der Waals surface area contributed by atoms with Crippen LogP contribution in [-0.4, -0.2) is 17.6 Å². The first kappa shape index (κ1) is 16.9. The topological polar surface area (TPSA) is 64.3 Å². The zero-order valence-electron chi connectivity index (χ0n) is 14.7. The number of nitrogens with zero attached hydrogens (tertiary/aromatic N) is 2. The summed E-state index contributed by atoms with van der Waals surface area (Å²) < 4.78 is 0. The molecule has 0 fully saturated rings. The molecule has 27 heavy (non-hydrogen) atoms. The standard InChI is InChI=1S/C23H18N2O2/c24-15-19(23(26)27)14-16-10-11-21-18(13-16)7-4-12-25(21)22-9-3-6-17-5-1-2-8-20(17)22/h1-3,5-6,8-11,13-14H,4,7,12H2,(H,26,27). The summed E-state index contributed by atoms with van der Waals surface area (Å²) in [6, 6.07) is 22.3. The van der Waals surface area contributed by atoms with Crippen LogP contribution < -0.4 is 4.90 Å². The number of aryl methyl sites for hydroxylation is 1. The summed E-state index contributed by atoms with van der Waals surface area (Å²) in [6.45, 7) is 0.939. The Bertz CT molecular complexity index is 1100. The first-order valence-corrected chi connectivity index (χ1v) is 8.91. The van der Waals surface area contributed by atoms with Crippen LogP contribution in [0, 0.1) is 11.3 Å². The van der Waals surface area contributed by atoms with Crippen LogP contribution in [0.5, 0.6) is 0 Å². The molecule has 0 spiro atoms. The second-order valence-corrected chi connectivity index (χ2v) is 6.62. The van der Waals surface area contributed by atoms with E-state index >= 15 is 0 Å². The van der Waals surface area contributed by atoms with Crippen molar-refractivity contribution in [1.29, 1.82) is 5.26 Å². The highest BCUT2D eigenvalue weighted by atomic mass is 16.4. The summed E-state index contributed by atoms with van der Waals surface area (Å²) in [7, 11) is 0. The van der Waals surface area contributed by atoms with Crippen molar-refractivity contribution in [2.75, 3.05) is 11.4 Å². The second kappa shape index (κ2) is 6.97. The fourth-order valence-corrected chi connectivity index (χ4v) is 3.71. The zero-order chi connectivity index (χ0) is 18.8. The lowest BCUT2D eigenvalue weighted by atomic mass is 9.97. The molecule has 3 aromatic carbocycles. The van der Waals surface area contributed by atoms with Crippen molar-refractivity contribution >= 4 is 34.2 Å². The monoisotopic (exact) mass is 354 g/mol. The van der Waals surface area contributed by atoms with E-state index in [9.17, 15) is 4.79 Å². The van der Waals surface area contributed by atoms with E-state index in [1.807, 2.05) is 24.3 Å². The molecule has 0 atom stereocenters. The smallest absolute Gasteiger partial charge is 0.346 e. The fourth-order valence-electron chi connectivity index (χ4n) is 3.71. The van der Waals surface area contributed by atoms with Crippen LogP contribution in [0.25, 0.3) is 16.8 Å². The minimum Gasteiger partial charge on any atom is -0.477 e. The minimum absolute atomic E-state index is 0.253. The van der Waals surface area contributed by atoms with E-state index in [2.05, 4.69) is 41.3 Å². The van der Waals surface area contributed by atoms with Gasteiger partial charge in [-0.3, -0.25) is 0 Å². The van der Waals surface area contributed by atoms with Crippen molar-refractivity contribution in [2.24, 2.45) is 0 Å². The number of hydrogen-bond acceptors (Lipinski definition) is 3. The average Bonchev–Trinajstić information content (AvgIpc) is 2.70. The summed E-state index contributed by atoms with van der Waals surface area (Å²) in [5.41, 5.74) is 3.99. The largest absolute Gasteiger partial charge is 0.477 e. The van der Waals surface area contributed by atoms with Gasteiger partial charge in [0, 0.05) is 23.3 Å². The highest BCUT2D eigenvalue weighted by Gasteiger charge is 2.20. The van der Waals surface area contributed by atoms with Crippen LogP contribution in [-0.2, 0) is 11.2 Å². The molecule has 4 rings (SSSR count). The first-order valence-electron chi connectivity index (χ1n) is 8.91. The van der Waals surface area contributed by atoms with E-state index in [-0.39, 0.29) is 5.57 Å². The summed E-state index contributed by atoms with van der Waals surface area (Å²) in [5.74, 6) is -1.20. The predicted octanol–water partition coefficient (Wildman–Crippen LogP) is 4.92. The van der Waals surface area contributed by atoms with Gasteiger partial charge >= 0.3 is 5.97 Å². The molecule has 0 aromatic heterocycles. The molecule has 4 nitrogen and oxygen atoms in total. The van der Waals surface area contributed by atoms with Gasteiger partial charge in [-0.15, -0.1) is 0 Å². The van der Waals surface area contributed by atoms with E-state index in [1.54, 1.807) is 6.07 Å². The normalized spacial score (nSPS) is 13.9. The molecule has 1 aliphatic rings. The number of anilines is 2. The zero-order valence-corrected chi connectivity index (χ0v) is 14.7. The Labute approximate surface area is 157 Å². The molecule has 0 radical (unpaired) electrons. The van der Waals surface area contributed by atoms with Gasteiger partial charge in [-0.05, 0) is 53.6 Å². The number of nitriles is 1. The first-order chi connectivity index (χ1) is 13.2. The highest BCUT2D eigenvalue weighted by molar-refractivity contribution is 5.97. The van der Waals surface area contributed by atoms with E-state index in [0.29, 0.717) is 0 Å². The number of carboxylic acids is 1. The molecule has 4 heteroatoms. The molecule has 0 saturated heterocycles. The fraction of sp³-hybridized carbons (Fsp3) is 0.130. The van der Waals surface area contributed by atoms with Gasteiger partial charge in [0.2, 0.25) is 0 Å². The van der Waals surface area contributed by atoms with Gasteiger partial charge in [-0.1, -0.05) is 42.5 Å². The molecule has 1 aliphatic heterocycles. The van der Waals surface area contributed by atoms with E-state index in [0.717, 1.165) is 30.6 Å². The quantitative estimate of drug-likeness (QED) is 0.536. The lowest BCUT2D eigenvalue weighted by Gasteiger charge is -2.32. The van der Waals surface area contributed by atoms with Gasteiger partial charge in [0.25, 0.3) is 0 Å². The molecule has 3 aromatic rings. The van der Waals surface area contributed by atoms with E-state index in [4.69, 9.17) is 10.4 Å². The van der Waals surface area contributed by atoms with Crippen molar-refractivity contribution in [3.8, 4) is 6.07 Å². The maximum atomic E-state index is 11.1. The summed E-state index contributed by atoms with van der Waals surface area (Å²) in [6.07, 6.45) is 3.39. The number of hydrogen-bond donors (Lipinski definition) is 1. The third kappa shape index (κ3) is 3.16. The summed E-state index contributed by atoms with van der Waals surface area (Å²) in [5, 5.41) is 20.5. The Balaban J connectivity index is 1.78. The Morgan fingerprint density at radius 1 is 1.07 bits per heavy atom. The van der Waals surface area contributed by atoms with Gasteiger partial charge in [-0.2, -0.15) is 5.26 Å². The lowest BCUT2D eigenvalue weighted by Crippen LogP contribution is -2.24. The van der Waals surface area contributed by atoms with Crippen LogP contribution in [0.4, 0.5) is 11.4 Å². The van der Waals surface area contributed by atoms with Crippen LogP contribution >= 0.6 is 0 Å². The molecule has 0 aliphatic carbocycles. The Hall–Kier alpha value is -3.58. The molecule has 132 valence electrons. The Morgan fingerprint density at radius 2 is 1.89 bits per heavy atom. The average molecular weight is 354 g/mol. The number of rotatable bonds is 3. The second-order valence-electron chi connectivity index (χ2n) is 6.62. The SMILES string of the molecule is N#CC(=Cc1ccc2c(c1)CCCN2c1cccc2ccccc12)C(=O)O. The van der Waals surface area contributed by atoms with Crippen LogP contribution in [0.3, 0.4) is 0 Å². The Morgan fingerprint density at radius 3 is 2.70 bits per heavy atom. The third-order valence-electron chi connectivity index (χ3n) is 4.94. The van der Waals surface area contributed by atoms with Crippen molar-refractivity contribution in [3.63, 3.8) is 0 Å². The van der Waals surface area contributed by atoms with Crippen molar-refractivity contribution in [2.45, 2.75) is 12.8 Å². The van der Waals surface area contributed by atoms with Crippen LogP contribution in [0.1, 0.15) is 17.5 Å². The molecule has 0 bridgehead atoms. The molecule has 1 heterocycles. The summed E-state index contributed by atoms with van der Waals surface area (Å²) >= 11 is 0. The van der Waals surface area contributed by atoms with Crippen molar-refractivity contribution < 1.29 is 9.90 Å². The molecule has 1 N–H and O–H groups in total. The molecular weight excluding hydrogens is 336 g/mol. The molecular formula is C23H18N2O2. The van der Waals surface area contributed by atoms with E-state index in [1.165, 1.54) is 28.1 Å². The number of carbonyl (C=O) groups is 1. The van der Waals surface area contributed by atoms with Gasteiger partial charge in [0.15, 0.2) is 0 Å².